The van der Waals surface area contributed by atoms with Gasteiger partial charge in [0.1, 0.15) is 12.1 Å². The maximum Gasteiger partial charge on any atom is 0.293 e. The van der Waals surface area contributed by atoms with Gasteiger partial charge in [-0.05, 0) is 7.05 Å². The third-order valence-corrected chi connectivity index (χ3v) is 2.17. The van der Waals surface area contributed by atoms with Gasteiger partial charge in [0, 0.05) is 6.54 Å². The fourth-order valence-electron chi connectivity index (χ4n) is 1.47. The summed E-state index contributed by atoms with van der Waals surface area (Å²) in [5, 5.41) is 0. The number of halogens is 2. The van der Waals surface area contributed by atoms with Crippen LogP contribution in [-0.2, 0) is 4.74 Å². The van der Waals surface area contributed by atoms with Crippen LogP contribution in [0.3, 0.4) is 0 Å². The van der Waals surface area contributed by atoms with E-state index in [0.29, 0.717) is 13.2 Å². The van der Waals surface area contributed by atoms with Crippen LogP contribution in [0, 0.1) is 0 Å². The quantitative estimate of drug-likeness (QED) is 0.492. The predicted octanol–water partition coefficient (Wildman–Crippen LogP) is 0.334. The van der Waals surface area contributed by atoms with Crippen LogP contribution in [0.15, 0.2) is 0 Å². The number of rotatable bonds is 0. The predicted molar refractivity (Wildman–Crippen MR) is 31.1 cm³/mol. The summed E-state index contributed by atoms with van der Waals surface area (Å²) >= 11 is 0. The molecule has 2 nitrogen and oxygen atoms in total. The van der Waals surface area contributed by atoms with Crippen LogP contribution in [0.25, 0.3) is 0 Å². The van der Waals surface area contributed by atoms with Gasteiger partial charge in [-0.25, -0.2) is 8.78 Å². The molecule has 2 unspecified atom stereocenters. The minimum atomic E-state index is -2.58. The fraction of sp³-hybridized carbons (Fsp3) is 1.00. The third-order valence-electron chi connectivity index (χ3n) is 2.17. The van der Waals surface area contributed by atoms with Gasteiger partial charge in [-0.15, -0.1) is 0 Å². The SMILES string of the molecule is CN1CCOC2C1C2(F)F. The molecule has 2 rings (SSSR count). The van der Waals surface area contributed by atoms with Crippen molar-refractivity contribution in [2.24, 2.45) is 0 Å². The van der Waals surface area contributed by atoms with E-state index in [1.807, 2.05) is 0 Å². The van der Waals surface area contributed by atoms with Crippen molar-refractivity contribution in [1.82, 2.24) is 4.90 Å². The number of morpholine rings is 1. The van der Waals surface area contributed by atoms with E-state index in [-0.39, 0.29) is 0 Å². The van der Waals surface area contributed by atoms with Crippen LogP contribution in [0.5, 0.6) is 0 Å². The molecule has 2 aliphatic rings. The molecule has 1 heterocycles. The number of fused-ring (bicyclic) bond motifs is 1. The molecule has 1 aliphatic heterocycles. The zero-order valence-corrected chi connectivity index (χ0v) is 5.68. The average molecular weight is 149 g/mol. The highest BCUT2D eigenvalue weighted by atomic mass is 19.3. The van der Waals surface area contributed by atoms with Crippen molar-refractivity contribution < 1.29 is 13.5 Å². The summed E-state index contributed by atoms with van der Waals surface area (Å²) in [7, 11) is 1.71. The van der Waals surface area contributed by atoms with Gasteiger partial charge >= 0.3 is 0 Å². The molecule has 1 aliphatic carbocycles. The summed E-state index contributed by atoms with van der Waals surface area (Å²) in [5.74, 6) is -2.58. The van der Waals surface area contributed by atoms with E-state index < -0.39 is 18.1 Å². The standard InChI is InChI=1S/C6H9F2NO/c1-9-2-3-10-5-4(9)6(5,7)8/h4-5H,2-3H2,1H3. The van der Waals surface area contributed by atoms with Gasteiger partial charge in [-0.1, -0.05) is 0 Å². The molecule has 58 valence electrons. The average Bonchev–Trinajstić information content (AvgIpc) is 2.38. The lowest BCUT2D eigenvalue weighted by Crippen LogP contribution is -2.33. The Labute approximate surface area is 57.8 Å². The normalized spacial score (nSPS) is 44.7. The van der Waals surface area contributed by atoms with Gasteiger partial charge in [-0.3, -0.25) is 4.90 Å². The Kier molecular flexibility index (Phi) is 1.09. The fourth-order valence-corrected chi connectivity index (χ4v) is 1.47. The second-order valence-electron chi connectivity index (χ2n) is 2.89. The van der Waals surface area contributed by atoms with Crippen LogP contribution in [0.4, 0.5) is 8.78 Å². The minimum absolute atomic E-state index is 0.438. The van der Waals surface area contributed by atoms with Gasteiger partial charge in [0.05, 0.1) is 6.61 Å². The molecule has 0 N–H and O–H groups in total. The van der Waals surface area contributed by atoms with E-state index in [1.165, 1.54) is 0 Å². The van der Waals surface area contributed by atoms with Gasteiger partial charge in [0.2, 0.25) is 0 Å². The molecular weight excluding hydrogens is 140 g/mol. The Morgan fingerprint density at radius 3 is 2.80 bits per heavy atom. The number of hydrogen-bond donors (Lipinski definition) is 0. The number of ether oxygens (including phenoxy) is 1. The minimum Gasteiger partial charge on any atom is -0.369 e. The van der Waals surface area contributed by atoms with Crippen molar-refractivity contribution >= 4 is 0 Å². The van der Waals surface area contributed by atoms with Crippen molar-refractivity contribution in [3.8, 4) is 0 Å². The van der Waals surface area contributed by atoms with Gasteiger partial charge in [0.15, 0.2) is 0 Å². The van der Waals surface area contributed by atoms with E-state index in [9.17, 15) is 8.78 Å². The van der Waals surface area contributed by atoms with Gasteiger partial charge in [-0.2, -0.15) is 0 Å². The lowest BCUT2D eigenvalue weighted by molar-refractivity contribution is 0.0113. The van der Waals surface area contributed by atoms with Gasteiger partial charge in [0.25, 0.3) is 5.92 Å². The van der Waals surface area contributed by atoms with E-state index in [0.717, 1.165) is 0 Å². The third kappa shape index (κ3) is 0.632. The first-order chi connectivity index (χ1) is 4.64. The highest BCUT2D eigenvalue weighted by Gasteiger charge is 2.72. The Bertz CT molecular complexity index is 162. The molecule has 0 radical (unpaired) electrons. The lowest BCUT2D eigenvalue weighted by atomic mass is 10.5. The molecule has 0 aromatic heterocycles. The first-order valence-corrected chi connectivity index (χ1v) is 3.33. The van der Waals surface area contributed by atoms with Crippen LogP contribution in [0.2, 0.25) is 0 Å². The van der Waals surface area contributed by atoms with E-state index in [4.69, 9.17) is 4.74 Å². The van der Waals surface area contributed by atoms with Gasteiger partial charge < -0.3 is 4.74 Å². The molecule has 4 heteroatoms. The molecule has 0 spiro atoms. The summed E-state index contributed by atoms with van der Waals surface area (Å²) in [4.78, 5) is 1.66. The molecule has 0 aromatic rings. The van der Waals surface area contributed by atoms with Crippen LogP contribution in [-0.4, -0.2) is 43.2 Å². The molecule has 1 saturated heterocycles. The van der Waals surface area contributed by atoms with Crippen molar-refractivity contribution in [2.75, 3.05) is 20.2 Å². The van der Waals surface area contributed by atoms with Crippen LogP contribution in [0.1, 0.15) is 0 Å². The van der Waals surface area contributed by atoms with Crippen molar-refractivity contribution in [1.29, 1.82) is 0 Å². The number of alkyl halides is 2. The molecule has 0 aromatic carbocycles. The molecular formula is C6H9F2NO. The van der Waals surface area contributed by atoms with Crippen molar-refractivity contribution in [3.63, 3.8) is 0 Å². The molecule has 0 amide bonds. The Morgan fingerprint density at radius 1 is 1.60 bits per heavy atom. The summed E-state index contributed by atoms with van der Waals surface area (Å²) in [6, 6.07) is -0.638. The molecule has 2 atom stereocenters. The first-order valence-electron chi connectivity index (χ1n) is 3.33. The first kappa shape index (κ1) is 6.49. The largest absolute Gasteiger partial charge is 0.369 e. The van der Waals surface area contributed by atoms with Crippen LogP contribution >= 0.6 is 0 Å². The zero-order chi connectivity index (χ0) is 7.35. The molecule has 1 saturated carbocycles. The second-order valence-corrected chi connectivity index (χ2v) is 2.89. The number of nitrogens with zero attached hydrogens (tertiary/aromatic N) is 1. The lowest BCUT2D eigenvalue weighted by Gasteiger charge is -2.19. The number of hydrogen-bond acceptors (Lipinski definition) is 2. The zero-order valence-electron chi connectivity index (χ0n) is 5.68. The Balaban J connectivity index is 2.11. The molecule has 2 fully saturated rings. The van der Waals surface area contributed by atoms with Crippen LogP contribution < -0.4 is 0 Å². The molecule has 0 bridgehead atoms. The second kappa shape index (κ2) is 1.68. The summed E-state index contributed by atoms with van der Waals surface area (Å²) in [5.41, 5.74) is 0. The summed E-state index contributed by atoms with van der Waals surface area (Å²) < 4.78 is 30.0. The van der Waals surface area contributed by atoms with E-state index in [2.05, 4.69) is 0 Å². The number of likely N-dealkylation sites (N-methyl/N-ethyl adjacent to an activating group) is 1. The maximum atomic E-state index is 12.6. The molecule has 10 heavy (non-hydrogen) atoms. The van der Waals surface area contributed by atoms with E-state index >= 15 is 0 Å². The highest BCUT2D eigenvalue weighted by molar-refractivity contribution is 5.15. The Hall–Kier alpha value is -0.220. The summed E-state index contributed by atoms with van der Waals surface area (Å²) in [6.07, 6.45) is -0.814. The highest BCUT2D eigenvalue weighted by Crippen LogP contribution is 2.49. The van der Waals surface area contributed by atoms with Crippen molar-refractivity contribution in [2.45, 2.75) is 18.1 Å². The Morgan fingerprint density at radius 2 is 2.30 bits per heavy atom. The summed E-state index contributed by atoms with van der Waals surface area (Å²) in [6.45, 7) is 1.06. The van der Waals surface area contributed by atoms with Crippen molar-refractivity contribution in [3.05, 3.63) is 0 Å². The maximum absolute atomic E-state index is 12.6. The smallest absolute Gasteiger partial charge is 0.293 e. The monoisotopic (exact) mass is 149 g/mol. The topological polar surface area (TPSA) is 12.5 Å². The van der Waals surface area contributed by atoms with E-state index in [1.54, 1.807) is 11.9 Å².